The SMILES string of the molecule is Cc1cc(NC(=O)[C@H](C)SCc2nc(-c3cccs3)no2)no1. The smallest absolute Gasteiger partial charge is 0.238 e. The topological polar surface area (TPSA) is 94.1 Å². The van der Waals surface area contributed by atoms with Gasteiger partial charge in [0.25, 0.3) is 0 Å². The zero-order valence-corrected chi connectivity index (χ0v) is 14.1. The summed E-state index contributed by atoms with van der Waals surface area (Å²) in [6.45, 7) is 3.57. The van der Waals surface area contributed by atoms with E-state index in [0.29, 0.717) is 29.0 Å². The number of thioether (sulfide) groups is 1. The molecule has 0 radical (unpaired) electrons. The average molecular weight is 350 g/mol. The van der Waals surface area contributed by atoms with Gasteiger partial charge in [-0.25, -0.2) is 0 Å². The van der Waals surface area contributed by atoms with Gasteiger partial charge in [-0.2, -0.15) is 4.98 Å². The highest BCUT2D eigenvalue weighted by atomic mass is 32.2. The minimum absolute atomic E-state index is 0.152. The Bertz CT molecular complexity index is 782. The molecule has 0 unspecified atom stereocenters. The van der Waals surface area contributed by atoms with Crippen LogP contribution in [0.1, 0.15) is 18.6 Å². The quantitative estimate of drug-likeness (QED) is 0.728. The van der Waals surface area contributed by atoms with Gasteiger partial charge >= 0.3 is 0 Å². The van der Waals surface area contributed by atoms with Gasteiger partial charge in [0.2, 0.25) is 17.6 Å². The zero-order valence-electron chi connectivity index (χ0n) is 12.5. The van der Waals surface area contributed by atoms with Crippen molar-refractivity contribution in [1.29, 1.82) is 0 Å². The summed E-state index contributed by atoms with van der Waals surface area (Å²) in [6, 6.07) is 5.53. The van der Waals surface area contributed by atoms with Crippen LogP contribution in [-0.2, 0) is 10.5 Å². The summed E-state index contributed by atoms with van der Waals surface area (Å²) in [7, 11) is 0. The molecule has 0 aromatic carbocycles. The summed E-state index contributed by atoms with van der Waals surface area (Å²) in [5.41, 5.74) is 0. The molecule has 23 heavy (non-hydrogen) atoms. The van der Waals surface area contributed by atoms with Gasteiger partial charge in [-0.1, -0.05) is 16.4 Å². The molecule has 1 atom stereocenters. The molecule has 3 aromatic rings. The summed E-state index contributed by atoms with van der Waals surface area (Å²) in [5, 5.41) is 12.0. The van der Waals surface area contributed by atoms with E-state index in [1.807, 2.05) is 24.4 Å². The number of anilines is 1. The fourth-order valence-corrected chi connectivity index (χ4v) is 3.11. The van der Waals surface area contributed by atoms with Gasteiger partial charge in [-0.3, -0.25) is 4.79 Å². The predicted molar refractivity (Wildman–Crippen MR) is 88.2 cm³/mol. The summed E-state index contributed by atoms with van der Waals surface area (Å²) < 4.78 is 10.1. The monoisotopic (exact) mass is 350 g/mol. The maximum absolute atomic E-state index is 12.1. The molecule has 7 nitrogen and oxygen atoms in total. The van der Waals surface area contributed by atoms with Gasteiger partial charge in [0.1, 0.15) is 5.76 Å². The number of amides is 1. The number of carbonyl (C=O) groups excluding carboxylic acids is 1. The molecule has 3 aromatic heterocycles. The van der Waals surface area contributed by atoms with Crippen molar-refractivity contribution in [3.05, 3.63) is 35.2 Å². The lowest BCUT2D eigenvalue weighted by Crippen LogP contribution is -2.22. The van der Waals surface area contributed by atoms with Crippen LogP contribution in [0.15, 0.2) is 32.6 Å². The number of thiophene rings is 1. The minimum Gasteiger partial charge on any atom is -0.360 e. The van der Waals surface area contributed by atoms with Crippen LogP contribution in [0.3, 0.4) is 0 Å². The van der Waals surface area contributed by atoms with E-state index >= 15 is 0 Å². The lowest BCUT2D eigenvalue weighted by atomic mass is 10.4. The summed E-state index contributed by atoms with van der Waals surface area (Å²) in [6.07, 6.45) is 0. The van der Waals surface area contributed by atoms with Crippen molar-refractivity contribution in [2.45, 2.75) is 24.9 Å². The van der Waals surface area contributed by atoms with E-state index in [0.717, 1.165) is 4.88 Å². The van der Waals surface area contributed by atoms with Crippen LogP contribution in [0.25, 0.3) is 10.7 Å². The molecule has 0 saturated heterocycles. The fraction of sp³-hybridized carbons (Fsp3) is 0.286. The Hall–Kier alpha value is -2.13. The number of hydrogen-bond acceptors (Lipinski definition) is 8. The van der Waals surface area contributed by atoms with Crippen molar-refractivity contribution in [3.8, 4) is 10.7 Å². The second-order valence-electron chi connectivity index (χ2n) is 4.75. The first-order valence-electron chi connectivity index (χ1n) is 6.84. The number of aromatic nitrogens is 3. The second kappa shape index (κ2) is 6.97. The van der Waals surface area contributed by atoms with E-state index in [4.69, 9.17) is 9.05 Å². The molecule has 0 spiro atoms. The Labute approximate surface area is 140 Å². The Morgan fingerprint density at radius 1 is 1.43 bits per heavy atom. The van der Waals surface area contributed by atoms with E-state index in [1.165, 1.54) is 11.8 Å². The lowest BCUT2D eigenvalue weighted by Gasteiger charge is -2.08. The molecule has 1 N–H and O–H groups in total. The molecule has 9 heteroatoms. The molecule has 3 heterocycles. The second-order valence-corrected chi connectivity index (χ2v) is 7.03. The predicted octanol–water partition coefficient (Wildman–Crippen LogP) is 3.35. The highest BCUT2D eigenvalue weighted by Crippen LogP contribution is 2.24. The van der Waals surface area contributed by atoms with Gasteiger partial charge in [0, 0.05) is 6.07 Å². The maximum Gasteiger partial charge on any atom is 0.238 e. The van der Waals surface area contributed by atoms with Crippen molar-refractivity contribution in [3.63, 3.8) is 0 Å². The molecule has 0 aliphatic rings. The average Bonchev–Trinajstić information content (AvgIpc) is 3.26. The number of hydrogen-bond donors (Lipinski definition) is 1. The van der Waals surface area contributed by atoms with Crippen molar-refractivity contribution in [1.82, 2.24) is 15.3 Å². The van der Waals surface area contributed by atoms with Crippen LogP contribution < -0.4 is 5.32 Å². The van der Waals surface area contributed by atoms with Crippen LogP contribution in [0.2, 0.25) is 0 Å². The third-order valence-electron chi connectivity index (χ3n) is 2.91. The van der Waals surface area contributed by atoms with E-state index in [-0.39, 0.29) is 11.2 Å². The molecule has 120 valence electrons. The van der Waals surface area contributed by atoms with E-state index < -0.39 is 0 Å². The third-order valence-corrected chi connectivity index (χ3v) is 4.91. The highest BCUT2D eigenvalue weighted by molar-refractivity contribution is 7.99. The first-order chi connectivity index (χ1) is 11.1. The van der Waals surface area contributed by atoms with Gasteiger partial charge in [-0.15, -0.1) is 23.1 Å². The highest BCUT2D eigenvalue weighted by Gasteiger charge is 2.17. The molecule has 1 amide bonds. The Kier molecular flexibility index (Phi) is 4.77. The molecule has 0 aliphatic carbocycles. The Morgan fingerprint density at radius 2 is 2.30 bits per heavy atom. The van der Waals surface area contributed by atoms with Crippen LogP contribution >= 0.6 is 23.1 Å². The number of nitrogens with one attached hydrogen (secondary N) is 1. The van der Waals surface area contributed by atoms with E-state index in [1.54, 1.807) is 24.3 Å². The van der Waals surface area contributed by atoms with Crippen molar-refractivity contribution < 1.29 is 13.8 Å². The standard InChI is InChI=1S/C14H14N4O3S2/c1-8-6-11(17-20-8)15-14(19)9(2)23-7-12-16-13(18-21-12)10-4-3-5-22-10/h3-6,9H,7H2,1-2H3,(H,15,17,19)/t9-/m0/s1. The molecule has 0 aliphatic heterocycles. The lowest BCUT2D eigenvalue weighted by molar-refractivity contribution is -0.115. The number of aryl methyl sites for hydroxylation is 1. The minimum atomic E-state index is -0.288. The molecule has 3 rings (SSSR count). The molecular weight excluding hydrogens is 336 g/mol. The zero-order chi connectivity index (χ0) is 16.2. The summed E-state index contributed by atoms with van der Waals surface area (Å²) >= 11 is 2.96. The van der Waals surface area contributed by atoms with Gasteiger partial charge < -0.3 is 14.4 Å². The number of nitrogens with zero attached hydrogens (tertiary/aromatic N) is 3. The van der Waals surface area contributed by atoms with Crippen LogP contribution in [-0.4, -0.2) is 26.5 Å². The van der Waals surface area contributed by atoms with Gasteiger partial charge in [0.15, 0.2) is 5.82 Å². The van der Waals surface area contributed by atoms with Crippen molar-refractivity contribution >= 4 is 34.8 Å². The number of carbonyl (C=O) groups is 1. The number of rotatable bonds is 6. The van der Waals surface area contributed by atoms with Crippen LogP contribution in [0.4, 0.5) is 5.82 Å². The normalized spacial score (nSPS) is 12.3. The van der Waals surface area contributed by atoms with E-state index in [9.17, 15) is 4.79 Å². The summed E-state index contributed by atoms with van der Waals surface area (Å²) in [4.78, 5) is 17.3. The molecule has 0 bridgehead atoms. The molecule has 0 fully saturated rings. The molecule has 0 saturated carbocycles. The molecular formula is C14H14N4O3S2. The van der Waals surface area contributed by atoms with Crippen LogP contribution in [0, 0.1) is 6.92 Å². The van der Waals surface area contributed by atoms with Crippen LogP contribution in [0.5, 0.6) is 0 Å². The maximum atomic E-state index is 12.1. The third kappa shape index (κ3) is 3.99. The largest absolute Gasteiger partial charge is 0.360 e. The van der Waals surface area contributed by atoms with Crippen molar-refractivity contribution in [2.24, 2.45) is 0 Å². The van der Waals surface area contributed by atoms with Gasteiger partial charge in [-0.05, 0) is 25.3 Å². The Balaban J connectivity index is 1.52. The fourth-order valence-electron chi connectivity index (χ4n) is 1.74. The Morgan fingerprint density at radius 3 is 3.00 bits per heavy atom. The first-order valence-corrected chi connectivity index (χ1v) is 8.77. The van der Waals surface area contributed by atoms with Gasteiger partial charge in [0.05, 0.1) is 15.9 Å². The van der Waals surface area contributed by atoms with Crippen molar-refractivity contribution in [2.75, 3.05) is 5.32 Å². The summed E-state index contributed by atoms with van der Waals surface area (Å²) in [5.74, 6) is 2.44. The van der Waals surface area contributed by atoms with E-state index in [2.05, 4.69) is 20.6 Å². The first kappa shape index (κ1) is 15.8.